The van der Waals surface area contributed by atoms with E-state index in [9.17, 15) is 0 Å². The Bertz CT molecular complexity index is 148. The van der Waals surface area contributed by atoms with Gasteiger partial charge in [0.1, 0.15) is 0 Å². The molecule has 1 heterocycles. The van der Waals surface area contributed by atoms with Crippen LogP contribution in [0.4, 0.5) is 0 Å². The molecule has 0 saturated heterocycles. The lowest BCUT2D eigenvalue weighted by Gasteiger charge is -1.64. The van der Waals surface area contributed by atoms with Gasteiger partial charge in [-0.25, -0.2) is 0 Å². The van der Waals surface area contributed by atoms with Crippen molar-refractivity contribution in [2.75, 3.05) is 0 Å². The van der Waals surface area contributed by atoms with Crippen LogP contribution in [0.5, 0.6) is 0 Å². The molecule has 0 spiro atoms. The lowest BCUT2D eigenvalue weighted by molar-refractivity contribution is 0.389. The average molecular weight is 256 g/mol. The van der Waals surface area contributed by atoms with E-state index in [1.54, 1.807) is 13.8 Å². The SMILES string of the molecule is CC.Cc1noc(C)n1.I. The van der Waals surface area contributed by atoms with E-state index in [4.69, 9.17) is 0 Å². The second-order valence-corrected chi connectivity index (χ2v) is 1.36. The highest BCUT2D eigenvalue weighted by Crippen LogP contribution is 1.89. The van der Waals surface area contributed by atoms with Gasteiger partial charge in [0, 0.05) is 6.92 Å². The monoisotopic (exact) mass is 256 g/mol. The molecule has 1 aromatic rings. The lowest BCUT2D eigenvalue weighted by atomic mass is 10.7. The highest BCUT2D eigenvalue weighted by Gasteiger charge is 1.89. The van der Waals surface area contributed by atoms with Crippen LogP contribution in [0.2, 0.25) is 0 Å². The molecular weight excluding hydrogens is 243 g/mol. The molecule has 0 saturated carbocycles. The van der Waals surface area contributed by atoms with E-state index >= 15 is 0 Å². The van der Waals surface area contributed by atoms with Gasteiger partial charge in [0.15, 0.2) is 5.82 Å². The van der Waals surface area contributed by atoms with E-state index in [1.807, 2.05) is 13.8 Å². The Balaban J connectivity index is 0. The zero-order valence-electron chi connectivity index (χ0n) is 6.71. The van der Waals surface area contributed by atoms with Gasteiger partial charge in [-0.15, -0.1) is 24.0 Å². The summed E-state index contributed by atoms with van der Waals surface area (Å²) in [6.45, 7) is 7.55. The molecule has 1 rings (SSSR count). The normalized spacial score (nSPS) is 7.20. The Hall–Kier alpha value is -0.130. The molecule has 0 bridgehead atoms. The van der Waals surface area contributed by atoms with E-state index in [1.165, 1.54) is 0 Å². The zero-order valence-corrected chi connectivity index (χ0v) is 9.04. The van der Waals surface area contributed by atoms with Crippen LogP contribution in [-0.2, 0) is 0 Å². The van der Waals surface area contributed by atoms with Crippen LogP contribution >= 0.6 is 24.0 Å². The molecule has 10 heavy (non-hydrogen) atoms. The summed E-state index contributed by atoms with van der Waals surface area (Å²) in [5.41, 5.74) is 0. The molecule has 0 aromatic carbocycles. The van der Waals surface area contributed by atoms with Gasteiger partial charge in [0.05, 0.1) is 0 Å². The summed E-state index contributed by atoms with van der Waals surface area (Å²) >= 11 is 0. The maximum Gasteiger partial charge on any atom is 0.223 e. The molecule has 4 heteroatoms. The summed E-state index contributed by atoms with van der Waals surface area (Å²) in [4.78, 5) is 3.83. The van der Waals surface area contributed by atoms with Crippen LogP contribution in [-0.4, -0.2) is 10.1 Å². The third kappa shape index (κ3) is 4.72. The van der Waals surface area contributed by atoms with Crippen LogP contribution in [0.25, 0.3) is 0 Å². The van der Waals surface area contributed by atoms with Gasteiger partial charge in [0.2, 0.25) is 5.89 Å². The highest BCUT2D eigenvalue weighted by atomic mass is 127. The third-order valence-corrected chi connectivity index (χ3v) is 0.629. The smallest absolute Gasteiger partial charge is 0.223 e. The molecule has 0 amide bonds. The first kappa shape index (κ1) is 12.5. The number of aryl methyl sites for hydroxylation is 2. The summed E-state index contributed by atoms with van der Waals surface area (Å²) in [5, 5.41) is 3.53. The van der Waals surface area contributed by atoms with E-state index in [0.717, 1.165) is 0 Å². The molecule has 0 atom stereocenters. The molecule has 0 aliphatic carbocycles. The van der Waals surface area contributed by atoms with Crippen molar-refractivity contribution < 1.29 is 4.52 Å². The average Bonchev–Trinajstić information content (AvgIpc) is 2.20. The van der Waals surface area contributed by atoms with Gasteiger partial charge in [-0.1, -0.05) is 19.0 Å². The van der Waals surface area contributed by atoms with Crippen molar-refractivity contribution in [3.8, 4) is 0 Å². The predicted octanol–water partition coefficient (Wildman–Crippen LogP) is 2.33. The first-order valence-corrected chi connectivity index (χ1v) is 3.06. The van der Waals surface area contributed by atoms with E-state index in [-0.39, 0.29) is 24.0 Å². The number of hydrogen-bond donors (Lipinski definition) is 0. The molecule has 60 valence electrons. The topological polar surface area (TPSA) is 38.9 Å². The van der Waals surface area contributed by atoms with Gasteiger partial charge in [-0.05, 0) is 6.92 Å². The molecule has 0 fully saturated rings. The molecule has 0 unspecified atom stereocenters. The van der Waals surface area contributed by atoms with Crippen molar-refractivity contribution in [2.24, 2.45) is 0 Å². The fourth-order valence-corrected chi connectivity index (χ4v) is 0.401. The van der Waals surface area contributed by atoms with Crippen LogP contribution in [0.1, 0.15) is 25.6 Å². The van der Waals surface area contributed by atoms with Gasteiger partial charge >= 0.3 is 0 Å². The van der Waals surface area contributed by atoms with Gasteiger partial charge in [-0.3, -0.25) is 0 Å². The van der Waals surface area contributed by atoms with Crippen LogP contribution < -0.4 is 0 Å². The maximum absolute atomic E-state index is 4.60. The summed E-state index contributed by atoms with van der Waals surface area (Å²) in [6.07, 6.45) is 0. The Kier molecular flexibility index (Phi) is 8.75. The third-order valence-electron chi connectivity index (χ3n) is 0.629. The number of halogens is 1. The number of nitrogens with zero attached hydrogens (tertiary/aromatic N) is 2. The number of hydrogen-bond acceptors (Lipinski definition) is 3. The van der Waals surface area contributed by atoms with Gasteiger partial charge in [0.25, 0.3) is 0 Å². The summed E-state index contributed by atoms with van der Waals surface area (Å²) in [5.74, 6) is 1.31. The Morgan fingerprint density at radius 2 is 1.70 bits per heavy atom. The molecule has 0 aliphatic rings. The Morgan fingerprint density at radius 1 is 1.20 bits per heavy atom. The molecule has 0 aliphatic heterocycles. The number of aromatic nitrogens is 2. The summed E-state index contributed by atoms with van der Waals surface area (Å²) in [7, 11) is 0. The first-order valence-electron chi connectivity index (χ1n) is 3.06. The van der Waals surface area contributed by atoms with Crippen LogP contribution in [0, 0.1) is 13.8 Å². The number of rotatable bonds is 0. The minimum Gasteiger partial charge on any atom is -0.340 e. The molecule has 0 radical (unpaired) electrons. The van der Waals surface area contributed by atoms with E-state index in [0.29, 0.717) is 11.7 Å². The predicted molar refractivity (Wildman–Crippen MR) is 50.5 cm³/mol. The maximum atomic E-state index is 4.60. The van der Waals surface area contributed by atoms with Crippen molar-refractivity contribution in [1.29, 1.82) is 0 Å². The standard InChI is InChI=1S/C4H6N2O.C2H6.HI/c1-3-5-4(2)7-6-3;1-2;/h1-2H3;1-2H3;1H. The largest absolute Gasteiger partial charge is 0.340 e. The second-order valence-electron chi connectivity index (χ2n) is 1.36. The van der Waals surface area contributed by atoms with Gasteiger partial charge in [-0.2, -0.15) is 4.98 Å². The van der Waals surface area contributed by atoms with E-state index < -0.39 is 0 Å². The lowest BCUT2D eigenvalue weighted by Crippen LogP contribution is -1.70. The van der Waals surface area contributed by atoms with E-state index in [2.05, 4.69) is 14.7 Å². The zero-order chi connectivity index (χ0) is 7.28. The molecular formula is C6H13IN2O. The van der Waals surface area contributed by atoms with Crippen molar-refractivity contribution in [3.05, 3.63) is 11.7 Å². The van der Waals surface area contributed by atoms with Crippen LogP contribution in [0.3, 0.4) is 0 Å². The fourth-order valence-electron chi connectivity index (χ4n) is 0.401. The fraction of sp³-hybridized carbons (Fsp3) is 0.667. The van der Waals surface area contributed by atoms with Crippen molar-refractivity contribution in [2.45, 2.75) is 27.7 Å². The Morgan fingerprint density at radius 3 is 1.80 bits per heavy atom. The summed E-state index contributed by atoms with van der Waals surface area (Å²) < 4.78 is 4.60. The quantitative estimate of drug-likeness (QED) is 0.669. The minimum atomic E-state index is 0. The first-order chi connectivity index (χ1) is 4.29. The summed E-state index contributed by atoms with van der Waals surface area (Å²) in [6, 6.07) is 0. The molecule has 3 nitrogen and oxygen atoms in total. The molecule has 0 N–H and O–H groups in total. The van der Waals surface area contributed by atoms with Crippen LogP contribution in [0.15, 0.2) is 4.52 Å². The van der Waals surface area contributed by atoms with Crippen molar-refractivity contribution in [1.82, 2.24) is 10.1 Å². The Labute approximate surface area is 78.2 Å². The molecule has 1 aromatic heterocycles. The minimum absolute atomic E-state index is 0. The second kappa shape index (κ2) is 6.98. The van der Waals surface area contributed by atoms with Crippen molar-refractivity contribution in [3.63, 3.8) is 0 Å². The highest BCUT2D eigenvalue weighted by molar-refractivity contribution is 14.0. The van der Waals surface area contributed by atoms with Crippen molar-refractivity contribution >= 4 is 24.0 Å². The van der Waals surface area contributed by atoms with Gasteiger partial charge < -0.3 is 4.52 Å².